The maximum Gasteiger partial charge on any atom is 0.0802 e. The van der Waals surface area contributed by atoms with Gasteiger partial charge in [0, 0.05) is 13.7 Å². The predicted octanol–water partition coefficient (Wildman–Crippen LogP) is 0.494. The van der Waals surface area contributed by atoms with Gasteiger partial charge in [0.15, 0.2) is 0 Å². The summed E-state index contributed by atoms with van der Waals surface area (Å²) < 4.78 is 5.46. The summed E-state index contributed by atoms with van der Waals surface area (Å²) in [5.74, 6) is 0. The molecule has 3 nitrogen and oxygen atoms in total. The van der Waals surface area contributed by atoms with E-state index < -0.39 is 0 Å². The number of hydrogen-bond donors (Lipinski definition) is 2. The van der Waals surface area contributed by atoms with E-state index in [9.17, 15) is 0 Å². The van der Waals surface area contributed by atoms with Crippen LogP contribution in [-0.4, -0.2) is 32.3 Å². The maximum atomic E-state index is 5.46. The molecule has 0 unspecified atom stereocenters. The molecule has 0 aromatic heterocycles. The van der Waals surface area contributed by atoms with E-state index in [1.807, 2.05) is 7.11 Å². The van der Waals surface area contributed by atoms with E-state index in [-0.39, 0.29) is 5.60 Å². The fourth-order valence-electron chi connectivity index (χ4n) is 1.57. The van der Waals surface area contributed by atoms with Crippen molar-refractivity contribution in [3.8, 4) is 0 Å². The van der Waals surface area contributed by atoms with Crippen molar-refractivity contribution in [2.24, 2.45) is 5.73 Å². The Morgan fingerprint density at radius 2 is 2.25 bits per heavy atom. The highest BCUT2D eigenvalue weighted by Gasteiger charge is 2.36. The van der Waals surface area contributed by atoms with Crippen molar-refractivity contribution in [2.45, 2.75) is 31.3 Å². The monoisotopic (exact) mass is 172 g/mol. The average molecular weight is 172 g/mol. The minimum absolute atomic E-state index is 0.161. The normalized spacial score (nSPS) is 20.5. The fraction of sp³-hybridized carbons (Fsp3) is 1.00. The van der Waals surface area contributed by atoms with Crippen LogP contribution in [0.4, 0.5) is 0 Å². The summed E-state index contributed by atoms with van der Waals surface area (Å²) in [5, 5.41) is 3.38. The number of methoxy groups -OCH3 is 1. The van der Waals surface area contributed by atoms with E-state index in [2.05, 4.69) is 5.32 Å². The van der Waals surface area contributed by atoms with Crippen LogP contribution in [0.5, 0.6) is 0 Å². The summed E-state index contributed by atoms with van der Waals surface area (Å²) in [4.78, 5) is 0. The molecular formula is C9H20N2O. The highest BCUT2D eigenvalue weighted by molar-refractivity contribution is 4.91. The lowest BCUT2D eigenvalue weighted by molar-refractivity contribution is -0.0692. The third kappa shape index (κ3) is 2.44. The molecule has 0 spiro atoms. The third-order valence-electron chi connectivity index (χ3n) is 2.70. The number of ether oxygens (including phenoxy) is 1. The average Bonchev–Trinajstić information content (AvgIpc) is 2.02. The summed E-state index contributed by atoms with van der Waals surface area (Å²) in [7, 11) is 1.81. The van der Waals surface area contributed by atoms with Crippen molar-refractivity contribution >= 4 is 0 Å². The molecule has 1 fully saturated rings. The second kappa shape index (κ2) is 4.80. The first-order valence-electron chi connectivity index (χ1n) is 4.79. The molecule has 0 aromatic carbocycles. The molecule has 72 valence electrons. The molecule has 0 amide bonds. The fourth-order valence-corrected chi connectivity index (χ4v) is 1.57. The molecule has 0 aromatic rings. The summed E-state index contributed by atoms with van der Waals surface area (Å²) in [6, 6.07) is 0. The topological polar surface area (TPSA) is 47.3 Å². The van der Waals surface area contributed by atoms with E-state index in [1.165, 1.54) is 19.3 Å². The van der Waals surface area contributed by atoms with Gasteiger partial charge in [-0.2, -0.15) is 0 Å². The molecule has 1 saturated carbocycles. The van der Waals surface area contributed by atoms with Gasteiger partial charge in [0.1, 0.15) is 0 Å². The second-order valence-electron chi connectivity index (χ2n) is 3.56. The van der Waals surface area contributed by atoms with E-state index in [4.69, 9.17) is 10.5 Å². The molecule has 1 aliphatic rings. The SMILES string of the molecule is COC1(CNCCCN)CCC1. The van der Waals surface area contributed by atoms with Gasteiger partial charge in [-0.1, -0.05) is 0 Å². The Balaban J connectivity index is 2.04. The van der Waals surface area contributed by atoms with Gasteiger partial charge >= 0.3 is 0 Å². The Morgan fingerprint density at radius 3 is 2.67 bits per heavy atom. The van der Waals surface area contributed by atoms with E-state index in [0.717, 1.165) is 26.1 Å². The molecule has 1 aliphatic carbocycles. The third-order valence-corrected chi connectivity index (χ3v) is 2.70. The quantitative estimate of drug-likeness (QED) is 0.573. The highest BCUT2D eigenvalue weighted by atomic mass is 16.5. The summed E-state index contributed by atoms with van der Waals surface area (Å²) >= 11 is 0. The van der Waals surface area contributed by atoms with Crippen LogP contribution in [0.25, 0.3) is 0 Å². The zero-order chi connectivity index (χ0) is 8.86. The van der Waals surface area contributed by atoms with Gasteiger partial charge in [-0.25, -0.2) is 0 Å². The number of hydrogen-bond acceptors (Lipinski definition) is 3. The van der Waals surface area contributed by atoms with Crippen molar-refractivity contribution in [3.05, 3.63) is 0 Å². The smallest absolute Gasteiger partial charge is 0.0802 e. The van der Waals surface area contributed by atoms with Gasteiger partial charge in [-0.15, -0.1) is 0 Å². The Bertz CT molecular complexity index is 118. The molecule has 0 radical (unpaired) electrons. The van der Waals surface area contributed by atoms with Crippen LogP contribution in [0.2, 0.25) is 0 Å². The lowest BCUT2D eigenvalue weighted by Gasteiger charge is -2.40. The van der Waals surface area contributed by atoms with Crippen molar-refractivity contribution in [1.29, 1.82) is 0 Å². The summed E-state index contributed by atoms with van der Waals surface area (Å²) in [6.45, 7) is 2.78. The Kier molecular flexibility index (Phi) is 3.98. The van der Waals surface area contributed by atoms with E-state index >= 15 is 0 Å². The van der Waals surface area contributed by atoms with Crippen molar-refractivity contribution in [2.75, 3.05) is 26.7 Å². The largest absolute Gasteiger partial charge is 0.377 e. The summed E-state index contributed by atoms with van der Waals surface area (Å²) in [5.41, 5.74) is 5.55. The number of nitrogens with two attached hydrogens (primary N) is 1. The van der Waals surface area contributed by atoms with Crippen LogP contribution in [0.15, 0.2) is 0 Å². The number of nitrogens with one attached hydrogen (secondary N) is 1. The Morgan fingerprint density at radius 1 is 1.50 bits per heavy atom. The molecule has 3 heteroatoms. The van der Waals surface area contributed by atoms with Gasteiger partial charge in [0.2, 0.25) is 0 Å². The molecule has 12 heavy (non-hydrogen) atoms. The van der Waals surface area contributed by atoms with Crippen LogP contribution >= 0.6 is 0 Å². The van der Waals surface area contributed by atoms with Gasteiger partial charge in [0.25, 0.3) is 0 Å². The molecule has 1 rings (SSSR count). The zero-order valence-corrected chi connectivity index (χ0v) is 7.94. The van der Waals surface area contributed by atoms with Gasteiger partial charge in [-0.05, 0) is 38.8 Å². The lowest BCUT2D eigenvalue weighted by atomic mass is 9.80. The van der Waals surface area contributed by atoms with Crippen LogP contribution in [0.3, 0.4) is 0 Å². The maximum absolute atomic E-state index is 5.46. The van der Waals surface area contributed by atoms with Gasteiger partial charge < -0.3 is 15.8 Å². The van der Waals surface area contributed by atoms with Crippen molar-refractivity contribution < 1.29 is 4.74 Å². The Labute approximate surface area is 74.7 Å². The van der Waals surface area contributed by atoms with Gasteiger partial charge in [-0.3, -0.25) is 0 Å². The molecule has 0 atom stereocenters. The van der Waals surface area contributed by atoms with Crippen LogP contribution < -0.4 is 11.1 Å². The molecule has 0 heterocycles. The molecule has 0 saturated heterocycles. The molecule has 3 N–H and O–H groups in total. The standard InChI is InChI=1S/C9H20N2O/c1-12-9(4-2-5-9)8-11-7-3-6-10/h11H,2-8,10H2,1H3. The minimum atomic E-state index is 0.161. The van der Waals surface area contributed by atoms with E-state index in [0.29, 0.717) is 0 Å². The van der Waals surface area contributed by atoms with Crippen LogP contribution in [0.1, 0.15) is 25.7 Å². The second-order valence-corrected chi connectivity index (χ2v) is 3.56. The first-order valence-corrected chi connectivity index (χ1v) is 4.79. The first-order chi connectivity index (χ1) is 5.83. The van der Waals surface area contributed by atoms with Gasteiger partial charge in [0.05, 0.1) is 5.60 Å². The molecule has 0 aliphatic heterocycles. The molecular weight excluding hydrogens is 152 g/mol. The first kappa shape index (κ1) is 9.96. The van der Waals surface area contributed by atoms with Crippen LogP contribution in [-0.2, 0) is 4.74 Å². The van der Waals surface area contributed by atoms with E-state index in [1.54, 1.807) is 0 Å². The Hall–Kier alpha value is -0.120. The van der Waals surface area contributed by atoms with Crippen molar-refractivity contribution in [1.82, 2.24) is 5.32 Å². The predicted molar refractivity (Wildman–Crippen MR) is 50.1 cm³/mol. The molecule has 0 bridgehead atoms. The lowest BCUT2D eigenvalue weighted by Crippen LogP contribution is -2.48. The van der Waals surface area contributed by atoms with Crippen molar-refractivity contribution in [3.63, 3.8) is 0 Å². The van der Waals surface area contributed by atoms with Crippen LogP contribution in [0, 0.1) is 0 Å². The zero-order valence-electron chi connectivity index (χ0n) is 7.94. The minimum Gasteiger partial charge on any atom is -0.377 e. The summed E-state index contributed by atoms with van der Waals surface area (Å²) in [6.07, 6.45) is 4.78. The number of rotatable bonds is 6. The highest BCUT2D eigenvalue weighted by Crippen LogP contribution is 2.34.